The van der Waals surface area contributed by atoms with Gasteiger partial charge in [-0.25, -0.2) is 0 Å². The molecule has 1 atom stereocenters. The van der Waals surface area contributed by atoms with Gasteiger partial charge in [-0.2, -0.15) is 0 Å². The lowest BCUT2D eigenvalue weighted by Gasteiger charge is -2.11. The molecule has 0 saturated heterocycles. The average molecular weight is 215 g/mol. The zero-order valence-electron chi connectivity index (χ0n) is 10.4. The minimum absolute atomic E-state index is 0.356. The fourth-order valence-corrected chi connectivity index (χ4v) is 1.92. The van der Waals surface area contributed by atoms with Crippen LogP contribution in [0.2, 0.25) is 0 Å². The first-order chi connectivity index (χ1) is 7.35. The number of nitrogens with two attached hydrogens (primary N) is 1. The normalized spacial score (nSPS) is 13.0. The number of aliphatic hydroxyl groups is 1. The Hall–Kier alpha value is -0.0800. The largest absolute Gasteiger partial charge is 0.396 e. The molecule has 92 valence electrons. The van der Waals surface area contributed by atoms with E-state index in [1.54, 1.807) is 0 Å². The zero-order valence-corrected chi connectivity index (χ0v) is 10.4. The Kier molecular flexibility index (Phi) is 11.9. The van der Waals surface area contributed by atoms with E-state index in [1.807, 2.05) is 0 Å². The molecule has 0 rings (SSSR count). The molecule has 0 aliphatic carbocycles. The zero-order chi connectivity index (χ0) is 11.4. The number of aliphatic hydroxyl groups excluding tert-OH is 1. The van der Waals surface area contributed by atoms with Crippen LogP contribution >= 0.6 is 0 Å². The van der Waals surface area contributed by atoms with Crippen LogP contribution in [0, 0.1) is 5.92 Å². The first kappa shape index (κ1) is 14.9. The van der Waals surface area contributed by atoms with Crippen molar-refractivity contribution >= 4 is 0 Å². The van der Waals surface area contributed by atoms with Crippen molar-refractivity contribution in [2.24, 2.45) is 11.7 Å². The molecule has 1 unspecified atom stereocenters. The summed E-state index contributed by atoms with van der Waals surface area (Å²) >= 11 is 0. The minimum atomic E-state index is 0.356. The second-order valence-corrected chi connectivity index (χ2v) is 4.50. The lowest BCUT2D eigenvalue weighted by atomic mass is 9.98. The molecule has 0 heterocycles. The van der Waals surface area contributed by atoms with Crippen LogP contribution in [0.4, 0.5) is 0 Å². The van der Waals surface area contributed by atoms with Crippen molar-refractivity contribution in [3.05, 3.63) is 0 Å². The summed E-state index contributed by atoms with van der Waals surface area (Å²) in [6.45, 7) is 3.44. The van der Waals surface area contributed by atoms with Crippen molar-refractivity contribution < 1.29 is 5.11 Å². The first-order valence-electron chi connectivity index (χ1n) is 6.66. The molecule has 3 N–H and O–H groups in total. The van der Waals surface area contributed by atoms with E-state index in [-0.39, 0.29) is 0 Å². The molecule has 0 aromatic carbocycles. The van der Waals surface area contributed by atoms with Gasteiger partial charge < -0.3 is 10.8 Å². The summed E-state index contributed by atoms with van der Waals surface area (Å²) in [5.41, 5.74) is 5.66. The van der Waals surface area contributed by atoms with Crippen LogP contribution < -0.4 is 5.73 Å². The van der Waals surface area contributed by atoms with Crippen LogP contribution in [0.5, 0.6) is 0 Å². The maximum atomic E-state index is 8.61. The van der Waals surface area contributed by atoms with Gasteiger partial charge in [-0.3, -0.25) is 0 Å². The van der Waals surface area contributed by atoms with E-state index in [1.165, 1.54) is 51.4 Å². The Morgan fingerprint density at radius 3 is 1.93 bits per heavy atom. The fourth-order valence-electron chi connectivity index (χ4n) is 1.92. The highest BCUT2D eigenvalue weighted by Gasteiger charge is 2.02. The van der Waals surface area contributed by atoms with Crippen LogP contribution in [0.25, 0.3) is 0 Å². The van der Waals surface area contributed by atoms with Crippen molar-refractivity contribution in [2.45, 2.75) is 64.7 Å². The predicted molar refractivity (Wildman–Crippen MR) is 66.9 cm³/mol. The average Bonchev–Trinajstić information content (AvgIpc) is 2.27. The number of rotatable bonds is 11. The van der Waals surface area contributed by atoms with E-state index in [0.29, 0.717) is 6.61 Å². The second kappa shape index (κ2) is 12.0. The third kappa shape index (κ3) is 10.2. The number of hydrogen-bond acceptors (Lipinski definition) is 2. The van der Waals surface area contributed by atoms with Gasteiger partial charge in [-0.1, -0.05) is 51.9 Å². The van der Waals surface area contributed by atoms with Gasteiger partial charge >= 0.3 is 0 Å². The number of hydrogen-bond donors (Lipinski definition) is 2. The van der Waals surface area contributed by atoms with Crippen LogP contribution in [-0.4, -0.2) is 18.3 Å². The maximum Gasteiger partial charge on any atom is 0.0431 e. The van der Waals surface area contributed by atoms with Crippen LogP contribution in [-0.2, 0) is 0 Å². The van der Waals surface area contributed by atoms with Gasteiger partial charge in [0.15, 0.2) is 0 Å². The molecule has 0 saturated carbocycles. The van der Waals surface area contributed by atoms with Crippen LogP contribution in [0.1, 0.15) is 64.7 Å². The highest BCUT2D eigenvalue weighted by molar-refractivity contribution is 4.57. The Bertz CT molecular complexity index is 113. The molecule has 0 aliphatic rings. The molecule has 0 fully saturated rings. The van der Waals surface area contributed by atoms with Gasteiger partial charge in [0, 0.05) is 6.61 Å². The quantitative estimate of drug-likeness (QED) is 0.520. The molecule has 0 amide bonds. The van der Waals surface area contributed by atoms with Crippen LogP contribution in [0.15, 0.2) is 0 Å². The molecule has 0 radical (unpaired) electrons. The monoisotopic (exact) mass is 215 g/mol. The van der Waals surface area contributed by atoms with E-state index in [0.717, 1.165) is 18.9 Å². The Morgan fingerprint density at radius 1 is 0.933 bits per heavy atom. The van der Waals surface area contributed by atoms with Crippen molar-refractivity contribution in [1.82, 2.24) is 0 Å². The van der Waals surface area contributed by atoms with Crippen molar-refractivity contribution in [1.29, 1.82) is 0 Å². The molecule has 2 nitrogen and oxygen atoms in total. The molecule has 0 aromatic heterocycles. The van der Waals surface area contributed by atoms with E-state index < -0.39 is 0 Å². The number of unbranched alkanes of at least 4 members (excludes halogenated alkanes) is 6. The van der Waals surface area contributed by atoms with E-state index in [2.05, 4.69) is 6.92 Å². The van der Waals surface area contributed by atoms with E-state index in [9.17, 15) is 0 Å². The Morgan fingerprint density at radius 2 is 1.47 bits per heavy atom. The molecule has 0 aromatic rings. The molecular weight excluding hydrogens is 186 g/mol. The van der Waals surface area contributed by atoms with Crippen LogP contribution in [0.3, 0.4) is 0 Å². The Labute approximate surface area is 95.3 Å². The lowest BCUT2D eigenvalue weighted by Crippen LogP contribution is -2.13. The highest BCUT2D eigenvalue weighted by atomic mass is 16.2. The summed E-state index contributed by atoms with van der Waals surface area (Å²) in [5, 5.41) is 8.61. The molecule has 0 bridgehead atoms. The van der Waals surface area contributed by atoms with Crippen molar-refractivity contribution in [3.63, 3.8) is 0 Å². The molecule has 2 heteroatoms. The summed E-state index contributed by atoms with van der Waals surface area (Å²) in [6, 6.07) is 0. The smallest absolute Gasteiger partial charge is 0.0431 e. The molecular formula is C13H29NO. The van der Waals surface area contributed by atoms with Gasteiger partial charge in [0.1, 0.15) is 0 Å². The van der Waals surface area contributed by atoms with E-state index >= 15 is 0 Å². The third-order valence-electron chi connectivity index (χ3n) is 3.18. The van der Waals surface area contributed by atoms with Gasteiger partial charge in [0.05, 0.1) is 0 Å². The van der Waals surface area contributed by atoms with Gasteiger partial charge in [0.2, 0.25) is 0 Å². The van der Waals surface area contributed by atoms with Crippen molar-refractivity contribution in [2.75, 3.05) is 13.2 Å². The van der Waals surface area contributed by atoms with Gasteiger partial charge in [0.25, 0.3) is 0 Å². The standard InChI is InChI=1S/C13H29NO/c1-2-13(12-14)10-8-6-4-3-5-7-9-11-15/h13,15H,2-12,14H2,1H3. The minimum Gasteiger partial charge on any atom is -0.396 e. The fraction of sp³-hybridized carbons (Fsp3) is 1.00. The molecule has 0 spiro atoms. The summed E-state index contributed by atoms with van der Waals surface area (Å²) in [4.78, 5) is 0. The predicted octanol–water partition coefficient (Wildman–Crippen LogP) is 3.08. The van der Waals surface area contributed by atoms with Gasteiger partial charge in [-0.15, -0.1) is 0 Å². The summed E-state index contributed by atoms with van der Waals surface area (Å²) in [5.74, 6) is 0.749. The Balaban J connectivity index is 3.04. The van der Waals surface area contributed by atoms with E-state index in [4.69, 9.17) is 10.8 Å². The summed E-state index contributed by atoms with van der Waals surface area (Å²) < 4.78 is 0. The summed E-state index contributed by atoms with van der Waals surface area (Å²) in [6.07, 6.45) is 11.4. The molecule has 0 aliphatic heterocycles. The topological polar surface area (TPSA) is 46.2 Å². The molecule has 15 heavy (non-hydrogen) atoms. The first-order valence-corrected chi connectivity index (χ1v) is 6.66. The second-order valence-electron chi connectivity index (χ2n) is 4.50. The summed E-state index contributed by atoms with van der Waals surface area (Å²) in [7, 11) is 0. The maximum absolute atomic E-state index is 8.61. The SMILES string of the molecule is CCC(CN)CCCCCCCCCO. The third-order valence-corrected chi connectivity index (χ3v) is 3.18. The van der Waals surface area contributed by atoms with Gasteiger partial charge in [-0.05, 0) is 25.3 Å². The van der Waals surface area contributed by atoms with Crippen molar-refractivity contribution in [3.8, 4) is 0 Å². The lowest BCUT2D eigenvalue weighted by molar-refractivity contribution is 0.282. The highest BCUT2D eigenvalue weighted by Crippen LogP contribution is 2.14.